The van der Waals surface area contributed by atoms with Crippen LogP contribution >= 0.6 is 0 Å². The van der Waals surface area contributed by atoms with E-state index in [-0.39, 0.29) is 12.6 Å². The fraction of sp³-hybridized carbons (Fsp3) is 1.00. The molecule has 18 heavy (non-hydrogen) atoms. The van der Waals surface area contributed by atoms with Gasteiger partial charge in [-0.15, -0.1) is 0 Å². The fourth-order valence-electron chi connectivity index (χ4n) is 2.66. The van der Waals surface area contributed by atoms with Gasteiger partial charge in [0.25, 0.3) is 0 Å². The highest BCUT2D eigenvalue weighted by molar-refractivity contribution is 4.83. The number of hydrogen-bond acceptors (Lipinski definition) is 2. The number of alkyl halides is 3. The van der Waals surface area contributed by atoms with Crippen molar-refractivity contribution in [3.05, 3.63) is 0 Å². The molecule has 0 aromatic carbocycles. The first kappa shape index (κ1) is 15.8. The molecule has 0 aliphatic carbocycles. The molecule has 0 bridgehead atoms. The summed E-state index contributed by atoms with van der Waals surface area (Å²) < 4.78 is 38.3. The van der Waals surface area contributed by atoms with Crippen molar-refractivity contribution in [2.45, 2.75) is 51.7 Å². The third-order valence-electron chi connectivity index (χ3n) is 3.68. The van der Waals surface area contributed by atoms with Gasteiger partial charge in [0.05, 0.1) is 5.92 Å². The molecular formula is C13H25F3N2. The van der Waals surface area contributed by atoms with Gasteiger partial charge < -0.3 is 5.32 Å². The molecule has 1 fully saturated rings. The molecule has 1 heterocycles. The van der Waals surface area contributed by atoms with E-state index < -0.39 is 12.1 Å². The Morgan fingerprint density at radius 1 is 1.33 bits per heavy atom. The van der Waals surface area contributed by atoms with Crippen molar-refractivity contribution >= 4 is 0 Å². The molecule has 0 saturated carbocycles. The Morgan fingerprint density at radius 2 is 2.06 bits per heavy atom. The van der Waals surface area contributed by atoms with Crippen LogP contribution in [0, 0.1) is 5.92 Å². The number of nitrogens with zero attached hydrogens (tertiary/aromatic N) is 1. The van der Waals surface area contributed by atoms with Crippen LogP contribution in [-0.2, 0) is 0 Å². The van der Waals surface area contributed by atoms with Crippen LogP contribution < -0.4 is 5.32 Å². The van der Waals surface area contributed by atoms with Crippen molar-refractivity contribution in [1.82, 2.24) is 10.2 Å². The molecule has 1 saturated heterocycles. The molecule has 2 nitrogen and oxygen atoms in total. The van der Waals surface area contributed by atoms with Crippen LogP contribution in [0.3, 0.4) is 0 Å². The van der Waals surface area contributed by atoms with Crippen molar-refractivity contribution in [3.63, 3.8) is 0 Å². The molecule has 0 radical (unpaired) electrons. The van der Waals surface area contributed by atoms with E-state index in [2.05, 4.69) is 12.2 Å². The number of nitrogens with one attached hydrogen (secondary N) is 1. The lowest BCUT2D eigenvalue weighted by Gasteiger charge is -2.39. The van der Waals surface area contributed by atoms with Gasteiger partial charge in [-0.2, -0.15) is 13.2 Å². The monoisotopic (exact) mass is 266 g/mol. The first-order valence-corrected chi connectivity index (χ1v) is 7.00. The summed E-state index contributed by atoms with van der Waals surface area (Å²) in [6.07, 6.45) is -1.09. The fourth-order valence-corrected chi connectivity index (χ4v) is 2.66. The molecule has 0 amide bonds. The van der Waals surface area contributed by atoms with Crippen LogP contribution in [-0.4, -0.2) is 43.3 Å². The van der Waals surface area contributed by atoms with E-state index >= 15 is 0 Å². The van der Waals surface area contributed by atoms with Gasteiger partial charge in [-0.1, -0.05) is 20.3 Å². The summed E-state index contributed by atoms with van der Waals surface area (Å²) in [6, 6.07) is 0.250. The first-order valence-electron chi connectivity index (χ1n) is 7.00. The quantitative estimate of drug-likeness (QED) is 0.795. The molecule has 5 heteroatoms. The smallest absolute Gasteiger partial charge is 0.315 e. The maximum atomic E-state index is 12.8. The second-order valence-electron chi connectivity index (χ2n) is 5.13. The summed E-state index contributed by atoms with van der Waals surface area (Å²) >= 11 is 0. The highest BCUT2D eigenvalue weighted by Gasteiger charge is 2.42. The molecule has 1 aliphatic heterocycles. The van der Waals surface area contributed by atoms with Crippen LogP contribution in [0.1, 0.15) is 39.5 Å². The summed E-state index contributed by atoms with van der Waals surface area (Å²) in [4.78, 5) is 2.04. The van der Waals surface area contributed by atoms with E-state index in [9.17, 15) is 13.2 Å². The molecule has 0 spiro atoms. The molecule has 2 atom stereocenters. The topological polar surface area (TPSA) is 15.3 Å². The molecule has 0 aromatic rings. The average molecular weight is 266 g/mol. The summed E-state index contributed by atoms with van der Waals surface area (Å²) in [5.74, 6) is -1.13. The molecule has 0 aromatic heterocycles. The van der Waals surface area contributed by atoms with Crippen molar-refractivity contribution < 1.29 is 13.2 Å². The summed E-state index contributed by atoms with van der Waals surface area (Å²) in [7, 11) is 0. The molecule has 1 aliphatic rings. The van der Waals surface area contributed by atoms with Crippen molar-refractivity contribution in [3.8, 4) is 0 Å². The van der Waals surface area contributed by atoms with Gasteiger partial charge in [-0.05, 0) is 32.4 Å². The lowest BCUT2D eigenvalue weighted by molar-refractivity contribution is -0.188. The zero-order valence-electron chi connectivity index (χ0n) is 11.4. The van der Waals surface area contributed by atoms with E-state index in [0.29, 0.717) is 12.8 Å². The standard InChI is InChI=1S/C13H25F3N2/c1-3-6-12(9-17-4-2)18-8-5-7-11(10-18)13(14,15)16/h11-12,17H,3-10H2,1-2H3. The Morgan fingerprint density at radius 3 is 2.61 bits per heavy atom. The van der Waals surface area contributed by atoms with Gasteiger partial charge in [-0.25, -0.2) is 0 Å². The average Bonchev–Trinajstić information content (AvgIpc) is 2.33. The summed E-state index contributed by atoms with van der Waals surface area (Å²) in [5, 5.41) is 3.26. The van der Waals surface area contributed by atoms with Gasteiger partial charge in [0, 0.05) is 19.1 Å². The first-order chi connectivity index (χ1) is 8.49. The molecule has 2 unspecified atom stereocenters. The van der Waals surface area contributed by atoms with Crippen LogP contribution in [0.4, 0.5) is 13.2 Å². The number of hydrogen-bond donors (Lipinski definition) is 1. The number of likely N-dealkylation sites (N-methyl/N-ethyl adjacent to an activating group) is 1. The number of rotatable bonds is 6. The van der Waals surface area contributed by atoms with Gasteiger partial charge in [0.1, 0.15) is 0 Å². The van der Waals surface area contributed by atoms with E-state index in [0.717, 1.165) is 32.5 Å². The molecule has 1 rings (SSSR count). The summed E-state index contributed by atoms with van der Waals surface area (Å²) in [6.45, 7) is 6.77. The lowest BCUT2D eigenvalue weighted by atomic mass is 9.95. The van der Waals surface area contributed by atoms with E-state index in [4.69, 9.17) is 0 Å². The molecular weight excluding hydrogens is 241 g/mol. The Bertz CT molecular complexity index is 231. The zero-order chi connectivity index (χ0) is 13.6. The predicted octanol–water partition coefficient (Wildman–Crippen LogP) is 3.04. The third kappa shape index (κ3) is 4.76. The van der Waals surface area contributed by atoms with E-state index in [1.165, 1.54) is 0 Å². The molecule has 1 N–H and O–H groups in total. The Kier molecular flexibility index (Phi) is 6.43. The van der Waals surface area contributed by atoms with Crippen molar-refractivity contribution in [2.24, 2.45) is 5.92 Å². The highest BCUT2D eigenvalue weighted by atomic mass is 19.4. The van der Waals surface area contributed by atoms with Crippen molar-refractivity contribution in [2.75, 3.05) is 26.2 Å². The SMILES string of the molecule is CCCC(CNCC)N1CCCC(C(F)(F)F)C1. The van der Waals surface area contributed by atoms with E-state index in [1.54, 1.807) is 0 Å². The van der Waals surface area contributed by atoms with Gasteiger partial charge in [0.15, 0.2) is 0 Å². The zero-order valence-corrected chi connectivity index (χ0v) is 11.4. The minimum Gasteiger partial charge on any atom is -0.315 e. The third-order valence-corrected chi connectivity index (χ3v) is 3.68. The van der Waals surface area contributed by atoms with Crippen LogP contribution in [0.5, 0.6) is 0 Å². The van der Waals surface area contributed by atoms with Gasteiger partial charge in [0.2, 0.25) is 0 Å². The largest absolute Gasteiger partial charge is 0.393 e. The second kappa shape index (κ2) is 7.34. The van der Waals surface area contributed by atoms with Crippen LogP contribution in [0.15, 0.2) is 0 Å². The number of halogens is 3. The van der Waals surface area contributed by atoms with Crippen LogP contribution in [0.25, 0.3) is 0 Å². The normalized spacial score (nSPS) is 24.2. The second-order valence-corrected chi connectivity index (χ2v) is 5.13. The van der Waals surface area contributed by atoms with Gasteiger partial charge in [-0.3, -0.25) is 4.90 Å². The number of likely N-dealkylation sites (tertiary alicyclic amines) is 1. The molecule has 108 valence electrons. The van der Waals surface area contributed by atoms with Gasteiger partial charge >= 0.3 is 6.18 Å². The number of piperidine rings is 1. The maximum absolute atomic E-state index is 12.8. The summed E-state index contributed by atoms with van der Waals surface area (Å²) in [5.41, 5.74) is 0. The minimum atomic E-state index is -4.03. The lowest BCUT2D eigenvalue weighted by Crippen LogP contribution is -2.49. The van der Waals surface area contributed by atoms with Crippen LogP contribution in [0.2, 0.25) is 0 Å². The highest BCUT2D eigenvalue weighted by Crippen LogP contribution is 2.33. The Labute approximate surface area is 108 Å². The van der Waals surface area contributed by atoms with E-state index in [1.807, 2.05) is 11.8 Å². The van der Waals surface area contributed by atoms with Crippen molar-refractivity contribution in [1.29, 1.82) is 0 Å². The Balaban J connectivity index is 2.55. The maximum Gasteiger partial charge on any atom is 0.393 e. The minimum absolute atomic E-state index is 0.180. The Hall–Kier alpha value is -0.290. The predicted molar refractivity (Wildman–Crippen MR) is 67.6 cm³/mol.